The van der Waals surface area contributed by atoms with Gasteiger partial charge in [-0.2, -0.15) is 0 Å². The Bertz CT molecular complexity index is 453. The molecule has 18 heavy (non-hydrogen) atoms. The van der Waals surface area contributed by atoms with Gasteiger partial charge in [0.2, 0.25) is 0 Å². The molecule has 1 aliphatic carbocycles. The predicted molar refractivity (Wildman–Crippen MR) is 70.7 cm³/mol. The van der Waals surface area contributed by atoms with E-state index in [1.165, 1.54) is 18.2 Å². The average Bonchev–Trinajstić information content (AvgIpc) is 2.75. The molecule has 1 saturated carbocycles. The second-order valence-corrected chi connectivity index (χ2v) is 5.54. The first-order valence-corrected chi connectivity index (χ1v) is 6.76. The molecule has 0 heterocycles. The number of hydrogen-bond donors (Lipinski definition) is 1. The summed E-state index contributed by atoms with van der Waals surface area (Å²) in [6, 6.07) is 3.94. The van der Waals surface area contributed by atoms with Gasteiger partial charge in [-0.3, -0.25) is 4.79 Å². The van der Waals surface area contributed by atoms with Crippen LogP contribution in [0.2, 0.25) is 5.02 Å². The van der Waals surface area contributed by atoms with Gasteiger partial charge in [0.05, 0.1) is 5.56 Å². The third-order valence-electron chi connectivity index (χ3n) is 3.26. The number of nitrogens with one attached hydrogen (secondary N) is 1. The zero-order chi connectivity index (χ0) is 13.1. The number of benzene rings is 1. The lowest BCUT2D eigenvalue weighted by Gasteiger charge is -2.14. The minimum Gasteiger partial charge on any atom is -0.352 e. The zero-order valence-corrected chi connectivity index (χ0v) is 11.3. The highest BCUT2D eigenvalue weighted by molar-refractivity contribution is 6.31. The summed E-state index contributed by atoms with van der Waals surface area (Å²) in [6.07, 6.45) is 3.07. The van der Waals surface area contributed by atoms with Gasteiger partial charge in [0.1, 0.15) is 5.82 Å². The van der Waals surface area contributed by atoms with Crippen LogP contribution in [0.3, 0.4) is 0 Å². The number of halogens is 3. The van der Waals surface area contributed by atoms with Crippen molar-refractivity contribution in [3.8, 4) is 0 Å². The van der Waals surface area contributed by atoms with Crippen molar-refractivity contribution in [3.05, 3.63) is 34.6 Å². The van der Waals surface area contributed by atoms with Crippen LogP contribution in [0.25, 0.3) is 0 Å². The van der Waals surface area contributed by atoms with Crippen molar-refractivity contribution in [1.82, 2.24) is 5.32 Å². The van der Waals surface area contributed by atoms with Crippen LogP contribution in [0.4, 0.5) is 4.39 Å². The quantitative estimate of drug-likeness (QED) is 0.846. The molecule has 1 amide bonds. The van der Waals surface area contributed by atoms with Crippen LogP contribution < -0.4 is 5.32 Å². The van der Waals surface area contributed by atoms with Crippen molar-refractivity contribution in [2.75, 3.05) is 6.54 Å². The summed E-state index contributed by atoms with van der Waals surface area (Å²) in [6.45, 7) is 0.485. The summed E-state index contributed by atoms with van der Waals surface area (Å²) in [4.78, 5) is 11.8. The molecule has 0 aliphatic heterocycles. The standard InChI is InChI=1S/C13H14Cl2FNO/c14-9-4-5-12(16)10(6-9)13(18)17-7-8-2-1-3-11(8)15/h4-6,8,11H,1-3,7H2,(H,17,18). The van der Waals surface area contributed by atoms with Crippen LogP contribution in [-0.2, 0) is 0 Å². The van der Waals surface area contributed by atoms with Crippen LogP contribution in [0.5, 0.6) is 0 Å². The molecule has 1 aliphatic rings. The average molecular weight is 290 g/mol. The second-order valence-electron chi connectivity index (χ2n) is 4.54. The molecule has 2 nitrogen and oxygen atoms in total. The summed E-state index contributed by atoms with van der Waals surface area (Å²) in [5.74, 6) is -0.727. The van der Waals surface area contributed by atoms with E-state index in [1.54, 1.807) is 0 Å². The first-order valence-electron chi connectivity index (χ1n) is 5.95. The Hall–Kier alpha value is -0.800. The van der Waals surface area contributed by atoms with Gasteiger partial charge >= 0.3 is 0 Å². The van der Waals surface area contributed by atoms with Gasteiger partial charge in [0, 0.05) is 16.9 Å². The van der Waals surface area contributed by atoms with E-state index in [9.17, 15) is 9.18 Å². The van der Waals surface area contributed by atoms with Crippen molar-refractivity contribution in [2.24, 2.45) is 5.92 Å². The summed E-state index contributed by atoms with van der Waals surface area (Å²) >= 11 is 11.9. The fourth-order valence-corrected chi connectivity index (χ4v) is 2.75. The minimum absolute atomic E-state index is 0.0216. The van der Waals surface area contributed by atoms with Crippen molar-refractivity contribution >= 4 is 29.1 Å². The fourth-order valence-electron chi connectivity index (χ4n) is 2.21. The second kappa shape index (κ2) is 5.89. The Morgan fingerprint density at radius 2 is 2.22 bits per heavy atom. The summed E-state index contributed by atoms with van der Waals surface area (Å²) in [7, 11) is 0. The van der Waals surface area contributed by atoms with Gasteiger partial charge in [-0.25, -0.2) is 4.39 Å². The number of hydrogen-bond acceptors (Lipinski definition) is 1. The summed E-state index contributed by atoms with van der Waals surface area (Å²) in [5.41, 5.74) is -0.0216. The van der Waals surface area contributed by atoms with Crippen molar-refractivity contribution in [3.63, 3.8) is 0 Å². The topological polar surface area (TPSA) is 29.1 Å². The zero-order valence-electron chi connectivity index (χ0n) is 9.76. The molecule has 2 atom stereocenters. The van der Waals surface area contributed by atoms with Crippen LogP contribution in [0.15, 0.2) is 18.2 Å². The highest BCUT2D eigenvalue weighted by Crippen LogP contribution is 2.29. The van der Waals surface area contributed by atoms with Gasteiger partial charge in [-0.1, -0.05) is 18.0 Å². The maximum absolute atomic E-state index is 13.5. The molecule has 0 spiro atoms. The number of alkyl halides is 1. The van der Waals surface area contributed by atoms with E-state index in [4.69, 9.17) is 23.2 Å². The maximum Gasteiger partial charge on any atom is 0.254 e. The minimum atomic E-state index is -0.564. The first kappa shape index (κ1) is 13.6. The third-order valence-corrected chi connectivity index (χ3v) is 4.07. The van der Waals surface area contributed by atoms with Crippen LogP contribution in [0.1, 0.15) is 29.6 Å². The molecule has 98 valence electrons. The molecule has 2 unspecified atom stereocenters. The SMILES string of the molecule is O=C(NCC1CCCC1Cl)c1cc(Cl)ccc1F. The van der Waals surface area contributed by atoms with E-state index in [0.29, 0.717) is 11.6 Å². The molecule has 1 fully saturated rings. The molecule has 0 aromatic heterocycles. The lowest BCUT2D eigenvalue weighted by atomic mass is 10.1. The van der Waals surface area contributed by atoms with E-state index in [2.05, 4.69) is 5.32 Å². The monoisotopic (exact) mass is 289 g/mol. The fraction of sp³-hybridized carbons (Fsp3) is 0.462. The molecule has 0 bridgehead atoms. The van der Waals surface area contributed by atoms with Crippen LogP contribution in [0, 0.1) is 11.7 Å². The van der Waals surface area contributed by atoms with Crippen LogP contribution in [-0.4, -0.2) is 17.8 Å². The highest BCUT2D eigenvalue weighted by atomic mass is 35.5. The normalized spacial score (nSPS) is 23.1. The lowest BCUT2D eigenvalue weighted by molar-refractivity contribution is 0.0943. The lowest BCUT2D eigenvalue weighted by Crippen LogP contribution is -2.31. The molecule has 5 heteroatoms. The smallest absolute Gasteiger partial charge is 0.254 e. The molecule has 1 aromatic rings. The van der Waals surface area contributed by atoms with Crippen molar-refractivity contribution in [2.45, 2.75) is 24.6 Å². The Labute approximate surface area is 115 Å². The summed E-state index contributed by atoms with van der Waals surface area (Å²) in [5, 5.41) is 3.17. The molecule has 0 saturated heterocycles. The Morgan fingerprint density at radius 3 is 2.89 bits per heavy atom. The largest absolute Gasteiger partial charge is 0.352 e. The molecular weight excluding hydrogens is 276 g/mol. The molecule has 1 N–H and O–H groups in total. The maximum atomic E-state index is 13.5. The van der Waals surface area contributed by atoms with E-state index >= 15 is 0 Å². The van der Waals surface area contributed by atoms with E-state index in [0.717, 1.165) is 19.3 Å². The van der Waals surface area contributed by atoms with E-state index < -0.39 is 11.7 Å². The molecule has 0 radical (unpaired) electrons. The number of rotatable bonds is 3. The van der Waals surface area contributed by atoms with E-state index in [-0.39, 0.29) is 16.9 Å². The highest BCUT2D eigenvalue weighted by Gasteiger charge is 2.25. The van der Waals surface area contributed by atoms with Crippen molar-refractivity contribution in [1.29, 1.82) is 0 Å². The molecular formula is C13H14Cl2FNO. The number of amides is 1. The van der Waals surface area contributed by atoms with Gasteiger partial charge < -0.3 is 5.32 Å². The number of carbonyl (C=O) groups is 1. The Balaban J connectivity index is 1.97. The first-order chi connectivity index (χ1) is 8.58. The van der Waals surface area contributed by atoms with Gasteiger partial charge in [0.25, 0.3) is 5.91 Å². The van der Waals surface area contributed by atoms with Crippen LogP contribution >= 0.6 is 23.2 Å². The Morgan fingerprint density at radius 1 is 1.44 bits per heavy atom. The summed E-state index contributed by atoms with van der Waals surface area (Å²) < 4.78 is 13.5. The predicted octanol–water partition coefficient (Wildman–Crippen LogP) is 3.62. The van der Waals surface area contributed by atoms with Gasteiger partial charge in [-0.15, -0.1) is 11.6 Å². The Kier molecular flexibility index (Phi) is 4.46. The molecule has 1 aromatic carbocycles. The third kappa shape index (κ3) is 3.15. The van der Waals surface area contributed by atoms with E-state index in [1.807, 2.05) is 0 Å². The van der Waals surface area contributed by atoms with Gasteiger partial charge in [-0.05, 0) is 37.0 Å². The van der Waals surface area contributed by atoms with Gasteiger partial charge in [0.15, 0.2) is 0 Å². The number of carbonyl (C=O) groups excluding carboxylic acids is 1. The molecule has 2 rings (SSSR count). The van der Waals surface area contributed by atoms with Crippen molar-refractivity contribution < 1.29 is 9.18 Å².